The zero-order valence-corrected chi connectivity index (χ0v) is 22.4. The van der Waals surface area contributed by atoms with E-state index in [0.29, 0.717) is 29.2 Å². The van der Waals surface area contributed by atoms with E-state index in [4.69, 9.17) is 4.74 Å². The molecule has 0 heterocycles. The van der Waals surface area contributed by atoms with Gasteiger partial charge in [-0.2, -0.15) is 4.39 Å². The Morgan fingerprint density at radius 1 is 0.868 bits per heavy atom. The van der Waals surface area contributed by atoms with Gasteiger partial charge >= 0.3 is 0 Å². The number of rotatable bonds is 11. The lowest BCUT2D eigenvalue weighted by Crippen LogP contribution is -2.05. The number of hydrogen-bond donors (Lipinski definition) is 0. The molecular formula is C34H37F3O. The third-order valence-corrected chi connectivity index (χ3v) is 7.40. The molecule has 0 radical (unpaired) electrons. The van der Waals surface area contributed by atoms with E-state index in [9.17, 15) is 8.78 Å². The Labute approximate surface area is 225 Å². The van der Waals surface area contributed by atoms with Crippen molar-refractivity contribution in [3.8, 4) is 28.0 Å². The fourth-order valence-electron chi connectivity index (χ4n) is 5.09. The summed E-state index contributed by atoms with van der Waals surface area (Å²) >= 11 is 0. The van der Waals surface area contributed by atoms with Crippen molar-refractivity contribution in [2.45, 2.75) is 65.2 Å². The third kappa shape index (κ3) is 6.78. The lowest BCUT2D eigenvalue weighted by Gasteiger charge is -2.22. The summed E-state index contributed by atoms with van der Waals surface area (Å²) in [5.41, 5.74) is 4.00. The van der Waals surface area contributed by atoms with Crippen LogP contribution in [0.4, 0.5) is 13.2 Å². The molecule has 1 aliphatic carbocycles. The van der Waals surface area contributed by atoms with Crippen molar-refractivity contribution >= 4 is 5.57 Å². The van der Waals surface area contributed by atoms with E-state index in [1.165, 1.54) is 24.1 Å². The van der Waals surface area contributed by atoms with Gasteiger partial charge in [-0.15, -0.1) is 0 Å². The van der Waals surface area contributed by atoms with E-state index in [-0.39, 0.29) is 17.1 Å². The number of halogens is 3. The standard InChI is InChI=1S/C34H37F3O/c1-3-5-7-9-24-10-12-25(13-11-24)28-18-19-29(31(35)23-28)26-14-16-27(17-15-26)30-20-21-32(34(37)33(30)36)38-22-8-6-4-2/h3,5,12,14-21,23-24H,4,6-11,13,22H2,1-2H3. The number of allylic oxidation sites excluding steroid dienone is 4. The van der Waals surface area contributed by atoms with Gasteiger partial charge < -0.3 is 4.74 Å². The maximum Gasteiger partial charge on any atom is 0.201 e. The molecule has 4 heteroatoms. The van der Waals surface area contributed by atoms with Crippen LogP contribution in [0.15, 0.2) is 72.8 Å². The van der Waals surface area contributed by atoms with Gasteiger partial charge in [-0.3, -0.25) is 0 Å². The van der Waals surface area contributed by atoms with Crippen molar-refractivity contribution in [2.75, 3.05) is 6.61 Å². The number of ether oxygens (including phenoxy) is 1. The molecule has 1 atom stereocenters. The SMILES string of the molecule is CC=CCCC1CC=C(c2ccc(-c3ccc(-c4ccc(OCCCCC)c(F)c4F)cc3)c(F)c2)CC1. The van der Waals surface area contributed by atoms with E-state index in [2.05, 4.69) is 32.1 Å². The monoisotopic (exact) mass is 518 g/mol. The third-order valence-electron chi connectivity index (χ3n) is 7.40. The largest absolute Gasteiger partial charge is 0.490 e. The highest BCUT2D eigenvalue weighted by molar-refractivity contribution is 5.74. The Balaban J connectivity index is 1.45. The van der Waals surface area contributed by atoms with Crippen molar-refractivity contribution in [3.63, 3.8) is 0 Å². The van der Waals surface area contributed by atoms with Crippen molar-refractivity contribution < 1.29 is 17.9 Å². The van der Waals surface area contributed by atoms with Crippen LogP contribution in [-0.4, -0.2) is 6.61 Å². The van der Waals surface area contributed by atoms with Crippen LogP contribution in [-0.2, 0) is 0 Å². The predicted molar refractivity (Wildman–Crippen MR) is 152 cm³/mol. The molecule has 200 valence electrons. The minimum absolute atomic E-state index is 0.0709. The van der Waals surface area contributed by atoms with Crippen molar-refractivity contribution in [1.29, 1.82) is 0 Å². The van der Waals surface area contributed by atoms with Gasteiger partial charge in [0, 0.05) is 11.1 Å². The van der Waals surface area contributed by atoms with Crippen LogP contribution in [0, 0.1) is 23.4 Å². The Kier molecular flexibility index (Phi) is 9.86. The summed E-state index contributed by atoms with van der Waals surface area (Å²) in [4.78, 5) is 0. The Morgan fingerprint density at radius 3 is 2.24 bits per heavy atom. The van der Waals surface area contributed by atoms with Gasteiger partial charge in [0.25, 0.3) is 0 Å². The number of unbranched alkanes of at least 4 members (excludes halogenated alkanes) is 2. The molecule has 3 aromatic carbocycles. The highest BCUT2D eigenvalue weighted by atomic mass is 19.2. The van der Waals surface area contributed by atoms with Crippen LogP contribution < -0.4 is 4.74 Å². The van der Waals surface area contributed by atoms with Crippen LogP contribution in [0.25, 0.3) is 27.8 Å². The molecule has 38 heavy (non-hydrogen) atoms. The highest BCUT2D eigenvalue weighted by Gasteiger charge is 2.18. The van der Waals surface area contributed by atoms with Crippen LogP contribution in [0.3, 0.4) is 0 Å². The summed E-state index contributed by atoms with van der Waals surface area (Å²) in [6, 6.07) is 15.3. The molecule has 4 rings (SSSR count). The first-order valence-electron chi connectivity index (χ1n) is 13.8. The van der Waals surface area contributed by atoms with E-state index >= 15 is 4.39 Å². The Bertz CT molecular complexity index is 1270. The van der Waals surface area contributed by atoms with E-state index < -0.39 is 11.6 Å². The highest BCUT2D eigenvalue weighted by Crippen LogP contribution is 2.35. The summed E-state index contributed by atoms with van der Waals surface area (Å²) < 4.78 is 50.0. The molecule has 0 spiro atoms. The van der Waals surface area contributed by atoms with Crippen LogP contribution in [0.1, 0.15) is 70.8 Å². The zero-order valence-electron chi connectivity index (χ0n) is 22.4. The first-order chi connectivity index (χ1) is 18.5. The molecule has 0 saturated heterocycles. The smallest absolute Gasteiger partial charge is 0.201 e. The van der Waals surface area contributed by atoms with Crippen LogP contribution in [0.2, 0.25) is 0 Å². The van der Waals surface area contributed by atoms with Gasteiger partial charge in [0.05, 0.1) is 6.61 Å². The van der Waals surface area contributed by atoms with Gasteiger partial charge in [0.1, 0.15) is 5.82 Å². The predicted octanol–water partition coefficient (Wildman–Crippen LogP) is 10.5. The van der Waals surface area contributed by atoms with Crippen LogP contribution >= 0.6 is 0 Å². The van der Waals surface area contributed by atoms with Crippen LogP contribution in [0.5, 0.6) is 5.75 Å². The minimum Gasteiger partial charge on any atom is -0.490 e. The molecule has 3 aromatic rings. The molecule has 1 aliphatic rings. The van der Waals surface area contributed by atoms with E-state index in [1.54, 1.807) is 30.3 Å². The zero-order chi connectivity index (χ0) is 26.9. The van der Waals surface area contributed by atoms with Gasteiger partial charge in [-0.05, 0) is 91.8 Å². The summed E-state index contributed by atoms with van der Waals surface area (Å²) in [6.07, 6.45) is 14.9. The van der Waals surface area contributed by atoms with Gasteiger partial charge in [0.2, 0.25) is 5.82 Å². The quantitative estimate of drug-likeness (QED) is 0.181. The van der Waals surface area contributed by atoms with Gasteiger partial charge in [-0.25, -0.2) is 8.78 Å². The molecule has 0 aromatic heterocycles. The molecule has 0 N–H and O–H groups in total. The van der Waals surface area contributed by atoms with Crippen molar-refractivity contribution in [1.82, 2.24) is 0 Å². The number of benzene rings is 3. The van der Waals surface area contributed by atoms with Crippen molar-refractivity contribution in [3.05, 3.63) is 95.8 Å². The summed E-state index contributed by atoms with van der Waals surface area (Å²) in [5.74, 6) is -1.58. The fourth-order valence-corrected chi connectivity index (χ4v) is 5.09. The topological polar surface area (TPSA) is 9.23 Å². The first kappa shape index (κ1) is 27.8. The summed E-state index contributed by atoms with van der Waals surface area (Å²) in [5, 5.41) is 0. The average molecular weight is 519 g/mol. The fraction of sp³-hybridized carbons (Fsp3) is 0.353. The maximum absolute atomic E-state index is 15.1. The van der Waals surface area contributed by atoms with Crippen molar-refractivity contribution in [2.24, 2.45) is 5.92 Å². The second-order valence-corrected chi connectivity index (χ2v) is 10.1. The number of hydrogen-bond acceptors (Lipinski definition) is 1. The van der Waals surface area contributed by atoms with Gasteiger partial charge in [0.15, 0.2) is 11.6 Å². The normalized spacial score (nSPS) is 15.6. The molecule has 0 aliphatic heterocycles. The first-order valence-corrected chi connectivity index (χ1v) is 13.8. The average Bonchev–Trinajstić information content (AvgIpc) is 2.94. The van der Waals surface area contributed by atoms with E-state index in [0.717, 1.165) is 50.5 Å². The molecule has 0 fully saturated rings. The maximum atomic E-state index is 15.1. The molecule has 1 nitrogen and oxygen atoms in total. The second-order valence-electron chi connectivity index (χ2n) is 10.1. The summed E-state index contributed by atoms with van der Waals surface area (Å²) in [7, 11) is 0. The van der Waals surface area contributed by atoms with Gasteiger partial charge in [-0.1, -0.05) is 74.4 Å². The Morgan fingerprint density at radius 2 is 1.58 bits per heavy atom. The summed E-state index contributed by atoms with van der Waals surface area (Å²) in [6.45, 7) is 4.48. The lowest BCUT2D eigenvalue weighted by molar-refractivity contribution is 0.286. The molecule has 0 amide bonds. The molecular weight excluding hydrogens is 481 g/mol. The Hall–Kier alpha value is -3.27. The molecule has 1 unspecified atom stereocenters. The molecule has 0 bridgehead atoms. The lowest BCUT2D eigenvalue weighted by atomic mass is 9.84. The molecule has 0 saturated carbocycles. The second kappa shape index (κ2) is 13.5. The van der Waals surface area contributed by atoms with E-state index in [1.807, 2.05) is 12.1 Å². The minimum atomic E-state index is -0.981.